The summed E-state index contributed by atoms with van der Waals surface area (Å²) in [7, 11) is 1.53. The lowest BCUT2D eigenvalue weighted by Crippen LogP contribution is -1.85. The second-order valence-corrected chi connectivity index (χ2v) is 3.41. The predicted molar refractivity (Wildman–Crippen MR) is 55.8 cm³/mol. The summed E-state index contributed by atoms with van der Waals surface area (Å²) in [6.45, 7) is 0. The summed E-state index contributed by atoms with van der Waals surface area (Å²) in [6, 6.07) is 7.21. The third kappa shape index (κ3) is 1.44. The SMILES string of the molecule is COc1cccc(-c2ccsn2)c1O. The number of aromatic nitrogens is 1. The summed E-state index contributed by atoms with van der Waals surface area (Å²) < 4.78 is 9.16. The van der Waals surface area contributed by atoms with Crippen LogP contribution in [0.25, 0.3) is 11.3 Å². The normalized spacial score (nSPS) is 10.1. The van der Waals surface area contributed by atoms with Crippen LogP contribution in [0.4, 0.5) is 0 Å². The van der Waals surface area contributed by atoms with Crippen LogP contribution in [-0.2, 0) is 0 Å². The highest BCUT2D eigenvalue weighted by Crippen LogP contribution is 2.36. The van der Waals surface area contributed by atoms with Crippen molar-refractivity contribution in [3.05, 3.63) is 29.6 Å². The van der Waals surface area contributed by atoms with Gasteiger partial charge in [-0.15, -0.1) is 0 Å². The zero-order valence-electron chi connectivity index (χ0n) is 7.60. The van der Waals surface area contributed by atoms with Gasteiger partial charge in [0.25, 0.3) is 0 Å². The third-order valence-corrected chi connectivity index (χ3v) is 2.49. The summed E-state index contributed by atoms with van der Waals surface area (Å²) in [5.41, 5.74) is 1.47. The maximum absolute atomic E-state index is 9.80. The molecule has 1 N–H and O–H groups in total. The molecule has 2 aromatic rings. The Labute approximate surface area is 85.8 Å². The van der Waals surface area contributed by atoms with Crippen LogP contribution >= 0.6 is 11.5 Å². The molecule has 0 fully saturated rings. The summed E-state index contributed by atoms with van der Waals surface area (Å²) in [5.74, 6) is 0.608. The Kier molecular flexibility index (Phi) is 2.37. The van der Waals surface area contributed by atoms with Gasteiger partial charge >= 0.3 is 0 Å². The lowest BCUT2D eigenvalue weighted by Gasteiger charge is -2.05. The quantitative estimate of drug-likeness (QED) is 0.822. The summed E-state index contributed by atoms with van der Waals surface area (Å²) in [5, 5.41) is 11.7. The third-order valence-electron chi connectivity index (χ3n) is 1.93. The Morgan fingerprint density at radius 1 is 1.36 bits per heavy atom. The van der Waals surface area contributed by atoms with Crippen molar-refractivity contribution in [1.29, 1.82) is 0 Å². The molecule has 72 valence electrons. The summed E-state index contributed by atoms with van der Waals surface area (Å²) >= 11 is 1.35. The topological polar surface area (TPSA) is 42.4 Å². The first-order valence-corrected chi connectivity index (χ1v) is 4.93. The summed E-state index contributed by atoms with van der Waals surface area (Å²) in [6.07, 6.45) is 0. The highest BCUT2D eigenvalue weighted by atomic mass is 32.1. The van der Waals surface area contributed by atoms with E-state index in [1.54, 1.807) is 6.07 Å². The number of phenolic OH excluding ortho intramolecular Hbond substituents is 1. The molecule has 0 amide bonds. The van der Waals surface area contributed by atoms with Gasteiger partial charge in [-0.3, -0.25) is 0 Å². The average molecular weight is 207 g/mol. The number of nitrogens with zero attached hydrogens (tertiary/aromatic N) is 1. The first-order chi connectivity index (χ1) is 6.83. The van der Waals surface area contributed by atoms with Gasteiger partial charge < -0.3 is 9.84 Å². The number of hydrogen-bond acceptors (Lipinski definition) is 4. The van der Waals surface area contributed by atoms with E-state index < -0.39 is 0 Å². The van der Waals surface area contributed by atoms with Gasteiger partial charge in [-0.1, -0.05) is 6.07 Å². The van der Waals surface area contributed by atoms with Crippen LogP contribution in [-0.4, -0.2) is 16.6 Å². The number of phenols is 1. The van der Waals surface area contributed by atoms with E-state index in [1.807, 2.05) is 23.6 Å². The lowest BCUT2D eigenvalue weighted by molar-refractivity contribution is 0.374. The van der Waals surface area contributed by atoms with Gasteiger partial charge in [0.1, 0.15) is 0 Å². The van der Waals surface area contributed by atoms with Crippen molar-refractivity contribution in [2.45, 2.75) is 0 Å². The van der Waals surface area contributed by atoms with Gasteiger partial charge in [0, 0.05) is 10.9 Å². The molecule has 14 heavy (non-hydrogen) atoms. The van der Waals surface area contributed by atoms with E-state index in [9.17, 15) is 5.11 Å². The molecule has 0 atom stereocenters. The van der Waals surface area contributed by atoms with Crippen LogP contribution in [0, 0.1) is 0 Å². The fourth-order valence-corrected chi connectivity index (χ4v) is 1.77. The van der Waals surface area contributed by atoms with Crippen LogP contribution in [0.1, 0.15) is 0 Å². The Morgan fingerprint density at radius 2 is 2.21 bits per heavy atom. The number of para-hydroxylation sites is 1. The van der Waals surface area contributed by atoms with Crippen molar-refractivity contribution < 1.29 is 9.84 Å². The van der Waals surface area contributed by atoms with Crippen molar-refractivity contribution in [3.8, 4) is 22.8 Å². The fourth-order valence-electron chi connectivity index (χ4n) is 1.25. The molecule has 3 nitrogen and oxygen atoms in total. The molecule has 1 heterocycles. The van der Waals surface area contributed by atoms with E-state index in [1.165, 1.54) is 18.6 Å². The van der Waals surface area contributed by atoms with Crippen LogP contribution < -0.4 is 4.74 Å². The minimum Gasteiger partial charge on any atom is -0.504 e. The molecule has 0 aliphatic heterocycles. The molecule has 0 spiro atoms. The van der Waals surface area contributed by atoms with Gasteiger partial charge in [-0.25, -0.2) is 0 Å². The van der Waals surface area contributed by atoms with Gasteiger partial charge in [0.15, 0.2) is 11.5 Å². The first kappa shape index (κ1) is 9.02. The second-order valence-electron chi connectivity index (χ2n) is 2.74. The standard InChI is InChI=1S/C10H9NO2S/c1-13-9-4-2-3-7(10(9)12)8-5-6-14-11-8/h2-6,12H,1H3. The van der Waals surface area contributed by atoms with Crippen molar-refractivity contribution in [2.75, 3.05) is 7.11 Å². The zero-order valence-corrected chi connectivity index (χ0v) is 8.41. The molecular weight excluding hydrogens is 198 g/mol. The predicted octanol–water partition coefficient (Wildman–Crippen LogP) is 2.52. The van der Waals surface area contributed by atoms with Crippen molar-refractivity contribution in [3.63, 3.8) is 0 Å². The van der Waals surface area contributed by atoms with E-state index in [0.29, 0.717) is 11.3 Å². The van der Waals surface area contributed by atoms with Crippen LogP contribution in [0.15, 0.2) is 29.6 Å². The number of ether oxygens (including phenoxy) is 1. The first-order valence-electron chi connectivity index (χ1n) is 4.09. The molecule has 0 unspecified atom stereocenters. The molecule has 0 radical (unpaired) electrons. The molecule has 2 rings (SSSR count). The molecule has 4 heteroatoms. The number of methoxy groups -OCH3 is 1. The number of aromatic hydroxyl groups is 1. The fraction of sp³-hybridized carbons (Fsp3) is 0.100. The van der Waals surface area contributed by atoms with Crippen LogP contribution in [0.5, 0.6) is 11.5 Å². The molecule has 1 aromatic heterocycles. The minimum absolute atomic E-state index is 0.140. The van der Waals surface area contributed by atoms with Crippen LogP contribution in [0.3, 0.4) is 0 Å². The number of benzene rings is 1. The molecule has 0 bridgehead atoms. The number of rotatable bonds is 2. The Morgan fingerprint density at radius 3 is 2.86 bits per heavy atom. The zero-order chi connectivity index (χ0) is 9.97. The van der Waals surface area contributed by atoms with Crippen molar-refractivity contribution in [2.24, 2.45) is 0 Å². The highest BCUT2D eigenvalue weighted by Gasteiger charge is 2.09. The van der Waals surface area contributed by atoms with Crippen LogP contribution in [0.2, 0.25) is 0 Å². The smallest absolute Gasteiger partial charge is 0.167 e. The van der Waals surface area contributed by atoms with Gasteiger partial charge in [0.05, 0.1) is 12.8 Å². The molecule has 0 saturated carbocycles. The van der Waals surface area contributed by atoms with Gasteiger partial charge in [0.2, 0.25) is 0 Å². The van der Waals surface area contributed by atoms with E-state index in [-0.39, 0.29) is 5.75 Å². The molecule has 1 aromatic carbocycles. The molecule has 0 saturated heterocycles. The molecular formula is C10H9NO2S. The maximum Gasteiger partial charge on any atom is 0.167 e. The van der Waals surface area contributed by atoms with Crippen molar-refractivity contribution in [1.82, 2.24) is 4.37 Å². The van der Waals surface area contributed by atoms with Crippen molar-refractivity contribution >= 4 is 11.5 Å². The Bertz CT molecular complexity index is 426. The second kappa shape index (κ2) is 3.67. The van der Waals surface area contributed by atoms with E-state index in [0.717, 1.165) is 5.69 Å². The van der Waals surface area contributed by atoms with E-state index in [4.69, 9.17) is 4.74 Å². The minimum atomic E-state index is 0.140. The summed E-state index contributed by atoms with van der Waals surface area (Å²) in [4.78, 5) is 0. The lowest BCUT2D eigenvalue weighted by atomic mass is 10.1. The van der Waals surface area contributed by atoms with Gasteiger partial charge in [-0.05, 0) is 29.7 Å². The van der Waals surface area contributed by atoms with E-state index in [2.05, 4.69) is 4.37 Å². The largest absolute Gasteiger partial charge is 0.504 e. The van der Waals surface area contributed by atoms with Gasteiger partial charge in [-0.2, -0.15) is 4.37 Å². The Hall–Kier alpha value is -1.55. The molecule has 0 aliphatic rings. The monoisotopic (exact) mass is 207 g/mol. The highest BCUT2D eigenvalue weighted by molar-refractivity contribution is 7.03. The average Bonchev–Trinajstić information content (AvgIpc) is 2.71. The number of hydrogen-bond donors (Lipinski definition) is 1. The maximum atomic E-state index is 9.80. The molecule has 0 aliphatic carbocycles. The van der Waals surface area contributed by atoms with E-state index >= 15 is 0 Å². The Balaban J connectivity index is 2.54.